The number of aromatic nitrogens is 1. The number of nitrogens with one attached hydrogen (secondary N) is 1. The van der Waals surface area contributed by atoms with Crippen molar-refractivity contribution in [3.63, 3.8) is 0 Å². The molecule has 3 aliphatic rings. The summed E-state index contributed by atoms with van der Waals surface area (Å²) in [6, 6.07) is 3.78. The molecule has 1 spiro atoms. The molecule has 2 aliphatic heterocycles. The second-order valence-corrected chi connectivity index (χ2v) is 8.31. The molecule has 4 rings (SSSR count). The van der Waals surface area contributed by atoms with Crippen LogP contribution in [0.15, 0.2) is 24.5 Å². The average molecular weight is 371 g/mol. The van der Waals surface area contributed by atoms with Crippen LogP contribution in [0, 0.1) is 11.8 Å². The second-order valence-electron chi connectivity index (χ2n) is 8.31. The van der Waals surface area contributed by atoms with E-state index >= 15 is 0 Å². The van der Waals surface area contributed by atoms with Gasteiger partial charge in [-0.25, -0.2) is 4.79 Å². The zero-order valence-electron chi connectivity index (χ0n) is 16.0. The third-order valence-electron chi connectivity index (χ3n) is 6.93. The van der Waals surface area contributed by atoms with Gasteiger partial charge < -0.3 is 15.0 Å². The van der Waals surface area contributed by atoms with Crippen LogP contribution >= 0.6 is 0 Å². The van der Waals surface area contributed by atoms with Crippen LogP contribution in [0.5, 0.6) is 0 Å². The SMILES string of the molecule is C[C@H]1[C@@H](OC(=O)NCc2cccnc2)CC[C@@]23CCCN2C(=O)CCC[C@@H]13. The van der Waals surface area contributed by atoms with Crippen LogP contribution in [0.2, 0.25) is 0 Å². The highest BCUT2D eigenvalue weighted by Gasteiger charge is 2.55. The first-order valence-corrected chi connectivity index (χ1v) is 10.2. The van der Waals surface area contributed by atoms with E-state index in [1.807, 2.05) is 12.1 Å². The Bertz CT molecular complexity index is 695. The molecule has 2 amide bonds. The van der Waals surface area contributed by atoms with Crippen molar-refractivity contribution in [1.29, 1.82) is 0 Å². The van der Waals surface area contributed by atoms with Crippen LogP contribution in [-0.2, 0) is 16.1 Å². The molecule has 27 heavy (non-hydrogen) atoms. The standard InChI is InChI=1S/C21H29N3O3/c1-15-17-6-2-7-19(25)24-12-4-9-21(17,24)10-8-18(15)27-20(26)23-14-16-5-3-11-22-13-16/h3,5,11,13,15,17-18H,2,4,6-10,12,14H2,1H3,(H,23,26)/t15-,17+,18+,21-/m1/s1. The Morgan fingerprint density at radius 3 is 3.07 bits per heavy atom. The normalized spacial score (nSPS) is 33.0. The lowest BCUT2D eigenvalue weighted by atomic mass is 9.64. The molecule has 1 aromatic heterocycles. The molecule has 6 heteroatoms. The highest BCUT2D eigenvalue weighted by Crippen LogP contribution is 2.52. The van der Waals surface area contributed by atoms with Crippen molar-refractivity contribution < 1.29 is 14.3 Å². The number of pyridine rings is 1. The van der Waals surface area contributed by atoms with Crippen LogP contribution in [0.1, 0.15) is 57.4 Å². The first-order chi connectivity index (χ1) is 13.1. The summed E-state index contributed by atoms with van der Waals surface area (Å²) in [5, 5.41) is 2.84. The molecule has 4 atom stereocenters. The van der Waals surface area contributed by atoms with Gasteiger partial charge in [0.1, 0.15) is 6.10 Å². The minimum atomic E-state index is -0.361. The van der Waals surface area contributed by atoms with Gasteiger partial charge in [-0.05, 0) is 62.0 Å². The van der Waals surface area contributed by atoms with Gasteiger partial charge >= 0.3 is 6.09 Å². The Morgan fingerprint density at radius 2 is 2.26 bits per heavy atom. The fourth-order valence-electron chi connectivity index (χ4n) is 5.67. The second kappa shape index (κ2) is 7.49. The maximum absolute atomic E-state index is 12.6. The van der Waals surface area contributed by atoms with Crippen LogP contribution in [0.25, 0.3) is 0 Å². The van der Waals surface area contributed by atoms with Gasteiger partial charge in [-0.1, -0.05) is 13.0 Å². The van der Waals surface area contributed by atoms with E-state index in [0.29, 0.717) is 24.8 Å². The largest absolute Gasteiger partial charge is 0.446 e. The van der Waals surface area contributed by atoms with Gasteiger partial charge in [0.15, 0.2) is 0 Å². The molecule has 0 radical (unpaired) electrons. The summed E-state index contributed by atoms with van der Waals surface area (Å²) in [5.74, 6) is 1.03. The molecule has 146 valence electrons. The van der Waals surface area contributed by atoms with Crippen molar-refractivity contribution in [2.45, 2.75) is 70.1 Å². The van der Waals surface area contributed by atoms with Crippen LogP contribution in [0.3, 0.4) is 0 Å². The van der Waals surface area contributed by atoms with E-state index in [9.17, 15) is 9.59 Å². The van der Waals surface area contributed by atoms with E-state index < -0.39 is 0 Å². The molecule has 1 aromatic rings. The van der Waals surface area contributed by atoms with Gasteiger partial charge in [0, 0.05) is 37.4 Å². The lowest BCUT2D eigenvalue weighted by Crippen LogP contribution is -2.58. The predicted molar refractivity (Wildman–Crippen MR) is 101 cm³/mol. The first kappa shape index (κ1) is 18.3. The zero-order chi connectivity index (χ0) is 18.9. The zero-order valence-corrected chi connectivity index (χ0v) is 16.0. The Morgan fingerprint density at radius 1 is 1.37 bits per heavy atom. The minimum Gasteiger partial charge on any atom is -0.446 e. The maximum Gasteiger partial charge on any atom is 0.407 e. The molecule has 0 unspecified atom stereocenters. The van der Waals surface area contributed by atoms with E-state index in [1.54, 1.807) is 12.4 Å². The molecular formula is C21H29N3O3. The summed E-state index contributed by atoms with van der Waals surface area (Å²) >= 11 is 0. The third kappa shape index (κ3) is 3.42. The summed E-state index contributed by atoms with van der Waals surface area (Å²) in [4.78, 5) is 31.1. The highest BCUT2D eigenvalue weighted by atomic mass is 16.6. The van der Waals surface area contributed by atoms with Gasteiger partial charge in [0.2, 0.25) is 5.91 Å². The molecule has 6 nitrogen and oxygen atoms in total. The molecule has 3 fully saturated rings. The summed E-state index contributed by atoms with van der Waals surface area (Å²) < 4.78 is 5.81. The summed E-state index contributed by atoms with van der Waals surface area (Å²) in [6.45, 7) is 3.53. The molecule has 1 saturated carbocycles. The van der Waals surface area contributed by atoms with Gasteiger partial charge in [-0.15, -0.1) is 0 Å². The topological polar surface area (TPSA) is 71.5 Å². The smallest absolute Gasteiger partial charge is 0.407 e. The number of hydrogen-bond acceptors (Lipinski definition) is 4. The molecule has 1 N–H and O–H groups in total. The van der Waals surface area contributed by atoms with E-state index in [2.05, 4.69) is 22.1 Å². The Balaban J connectivity index is 1.40. The number of ether oxygens (including phenoxy) is 1. The molecule has 3 heterocycles. The summed E-state index contributed by atoms with van der Waals surface area (Å²) in [5.41, 5.74) is 0.966. The van der Waals surface area contributed by atoms with Gasteiger partial charge in [-0.3, -0.25) is 9.78 Å². The fourth-order valence-corrected chi connectivity index (χ4v) is 5.67. The quantitative estimate of drug-likeness (QED) is 0.885. The van der Waals surface area contributed by atoms with E-state index in [0.717, 1.165) is 50.6 Å². The van der Waals surface area contributed by atoms with Crippen LogP contribution < -0.4 is 5.32 Å². The van der Waals surface area contributed by atoms with Crippen molar-refractivity contribution in [3.05, 3.63) is 30.1 Å². The molecule has 1 aliphatic carbocycles. The third-order valence-corrected chi connectivity index (χ3v) is 6.93. The lowest BCUT2D eigenvalue weighted by Gasteiger charge is -2.51. The van der Waals surface area contributed by atoms with Crippen molar-refractivity contribution >= 4 is 12.0 Å². The summed E-state index contributed by atoms with van der Waals surface area (Å²) in [6.07, 6.45) is 9.69. The van der Waals surface area contributed by atoms with Crippen molar-refractivity contribution in [3.8, 4) is 0 Å². The molecular weight excluding hydrogens is 342 g/mol. The fraction of sp³-hybridized carbons (Fsp3) is 0.667. The van der Waals surface area contributed by atoms with Crippen molar-refractivity contribution in [2.75, 3.05) is 6.54 Å². The summed E-state index contributed by atoms with van der Waals surface area (Å²) in [7, 11) is 0. The highest BCUT2D eigenvalue weighted by molar-refractivity contribution is 5.78. The molecule has 2 saturated heterocycles. The van der Waals surface area contributed by atoms with Crippen molar-refractivity contribution in [1.82, 2.24) is 15.2 Å². The number of hydrogen-bond donors (Lipinski definition) is 1. The molecule has 0 bridgehead atoms. The van der Waals surface area contributed by atoms with Gasteiger partial charge in [-0.2, -0.15) is 0 Å². The number of rotatable bonds is 3. The van der Waals surface area contributed by atoms with Crippen molar-refractivity contribution in [2.24, 2.45) is 11.8 Å². The minimum absolute atomic E-state index is 0.0129. The van der Waals surface area contributed by atoms with E-state index in [-0.39, 0.29) is 23.7 Å². The van der Waals surface area contributed by atoms with E-state index in [4.69, 9.17) is 4.74 Å². The number of nitrogens with zero attached hydrogens (tertiary/aromatic N) is 2. The van der Waals surface area contributed by atoms with E-state index in [1.165, 1.54) is 0 Å². The lowest BCUT2D eigenvalue weighted by molar-refractivity contribution is -0.140. The van der Waals surface area contributed by atoms with Crippen LogP contribution in [0.4, 0.5) is 4.79 Å². The van der Waals surface area contributed by atoms with Crippen LogP contribution in [-0.4, -0.2) is 40.1 Å². The molecule has 0 aromatic carbocycles. The number of alkyl carbamates (subject to hydrolysis) is 1. The Kier molecular flexibility index (Phi) is 5.06. The first-order valence-electron chi connectivity index (χ1n) is 10.2. The number of carbonyl (C=O) groups excluding carboxylic acids is 2. The average Bonchev–Trinajstić information content (AvgIpc) is 3.04. The Hall–Kier alpha value is -2.11. The van der Waals surface area contributed by atoms with Gasteiger partial charge in [0.25, 0.3) is 0 Å². The Labute approximate surface area is 160 Å². The predicted octanol–water partition coefficient (Wildman–Crippen LogP) is 3.27. The maximum atomic E-state index is 12.6. The number of carbonyl (C=O) groups is 2. The monoisotopic (exact) mass is 371 g/mol. The number of amides is 2. The van der Waals surface area contributed by atoms with Gasteiger partial charge in [0.05, 0.1) is 0 Å².